The molecule has 0 aromatic heterocycles. The van der Waals surface area contributed by atoms with E-state index in [1.165, 1.54) is 0 Å². The van der Waals surface area contributed by atoms with Crippen molar-refractivity contribution < 1.29 is 5.11 Å². The number of halogens is 2. The first-order valence-electron chi connectivity index (χ1n) is 3.56. The number of hydrogen-bond donors (Lipinski definition) is 3. The molecule has 0 aliphatic heterocycles. The molecule has 1 atom stereocenters. The summed E-state index contributed by atoms with van der Waals surface area (Å²) in [4.78, 5) is 0. The highest BCUT2D eigenvalue weighted by atomic mass is 79.9. The molecule has 0 amide bonds. The van der Waals surface area contributed by atoms with Crippen molar-refractivity contribution in [1.82, 2.24) is 0 Å². The molecule has 5 N–H and O–H groups in total. The highest BCUT2D eigenvalue weighted by molar-refractivity contribution is 9.10. The molecule has 13 heavy (non-hydrogen) atoms. The second-order valence-electron chi connectivity index (χ2n) is 2.69. The molecule has 0 bridgehead atoms. The van der Waals surface area contributed by atoms with Crippen molar-refractivity contribution in [2.45, 2.75) is 13.0 Å². The lowest BCUT2D eigenvalue weighted by Gasteiger charge is -2.12. The number of phenols is 1. The zero-order valence-corrected chi connectivity index (χ0v) is 9.52. The van der Waals surface area contributed by atoms with Crippen molar-refractivity contribution in [2.24, 2.45) is 5.73 Å². The number of anilines is 1. The third kappa shape index (κ3) is 2.49. The van der Waals surface area contributed by atoms with Gasteiger partial charge in [0.05, 0.1) is 5.69 Å². The van der Waals surface area contributed by atoms with Gasteiger partial charge >= 0.3 is 0 Å². The van der Waals surface area contributed by atoms with E-state index in [-0.39, 0.29) is 24.2 Å². The van der Waals surface area contributed by atoms with Crippen LogP contribution in [0.3, 0.4) is 0 Å². The van der Waals surface area contributed by atoms with Crippen LogP contribution in [0.15, 0.2) is 16.6 Å². The molecule has 5 heteroatoms. The molecular formula is C8H12BrClN2O. The van der Waals surface area contributed by atoms with Crippen molar-refractivity contribution >= 4 is 34.0 Å². The molecule has 1 rings (SSSR count). The fourth-order valence-corrected chi connectivity index (χ4v) is 1.71. The summed E-state index contributed by atoms with van der Waals surface area (Å²) >= 11 is 3.29. The summed E-state index contributed by atoms with van der Waals surface area (Å²) in [5.74, 6) is 0.0689. The Labute approximate surface area is 91.7 Å². The lowest BCUT2D eigenvalue weighted by atomic mass is 10.1. The van der Waals surface area contributed by atoms with Crippen LogP contribution in [0.2, 0.25) is 0 Å². The van der Waals surface area contributed by atoms with E-state index in [2.05, 4.69) is 15.9 Å². The molecule has 0 aliphatic carbocycles. The summed E-state index contributed by atoms with van der Waals surface area (Å²) < 4.78 is 0.782. The molecule has 0 aliphatic rings. The fourth-order valence-electron chi connectivity index (χ4n) is 1.03. The van der Waals surface area contributed by atoms with Crippen molar-refractivity contribution in [3.63, 3.8) is 0 Å². The zero-order valence-electron chi connectivity index (χ0n) is 7.12. The van der Waals surface area contributed by atoms with Crippen LogP contribution in [0, 0.1) is 0 Å². The summed E-state index contributed by atoms with van der Waals surface area (Å²) in [6, 6.07) is 3.17. The molecule has 0 heterocycles. The molecule has 74 valence electrons. The van der Waals surface area contributed by atoms with Crippen molar-refractivity contribution in [3.05, 3.63) is 22.2 Å². The van der Waals surface area contributed by atoms with Gasteiger partial charge in [0.15, 0.2) is 0 Å². The van der Waals surface area contributed by atoms with Crippen molar-refractivity contribution in [1.29, 1.82) is 0 Å². The molecule has 0 spiro atoms. The number of hydrogen-bond acceptors (Lipinski definition) is 3. The highest BCUT2D eigenvalue weighted by Gasteiger charge is 2.12. The number of nitrogen functional groups attached to an aromatic ring is 1. The van der Waals surface area contributed by atoms with Crippen LogP contribution < -0.4 is 11.5 Å². The second-order valence-corrected chi connectivity index (χ2v) is 3.54. The Balaban J connectivity index is 0.00000144. The minimum Gasteiger partial charge on any atom is -0.505 e. The summed E-state index contributed by atoms with van der Waals surface area (Å²) in [5.41, 5.74) is 12.1. The van der Waals surface area contributed by atoms with Crippen LogP contribution >= 0.6 is 28.3 Å². The average molecular weight is 268 g/mol. The fraction of sp³-hybridized carbons (Fsp3) is 0.250. The third-order valence-electron chi connectivity index (χ3n) is 1.65. The van der Waals surface area contributed by atoms with Gasteiger partial charge < -0.3 is 16.6 Å². The molecule has 0 saturated carbocycles. The number of aromatic hydroxyl groups is 1. The predicted molar refractivity (Wildman–Crippen MR) is 60.1 cm³/mol. The monoisotopic (exact) mass is 266 g/mol. The molecule has 0 saturated heterocycles. The Morgan fingerprint density at radius 2 is 2.00 bits per heavy atom. The van der Waals surface area contributed by atoms with Gasteiger partial charge in [0.25, 0.3) is 0 Å². The maximum atomic E-state index is 9.51. The summed E-state index contributed by atoms with van der Waals surface area (Å²) in [6.07, 6.45) is 0. The maximum Gasteiger partial charge on any atom is 0.144 e. The van der Waals surface area contributed by atoms with Gasteiger partial charge in [-0.05, 0) is 19.1 Å². The number of rotatable bonds is 1. The molecule has 1 aromatic carbocycles. The van der Waals surface area contributed by atoms with Crippen LogP contribution in [0.5, 0.6) is 5.75 Å². The van der Waals surface area contributed by atoms with Gasteiger partial charge in [-0.15, -0.1) is 12.4 Å². The van der Waals surface area contributed by atoms with E-state index in [4.69, 9.17) is 11.5 Å². The molecule has 0 fully saturated rings. The standard InChI is InChI=1S/C8H11BrN2O.ClH/c1-4(10)7-5(9)2-3-6(11)8(7)12;/h2-4,12H,10-11H2,1H3;1H/t4-;/m1./s1. The van der Waals surface area contributed by atoms with Crippen LogP contribution in [0.4, 0.5) is 5.69 Å². The van der Waals surface area contributed by atoms with Gasteiger partial charge in [0.1, 0.15) is 5.75 Å². The molecule has 1 aromatic rings. The first kappa shape index (κ1) is 12.6. The maximum absolute atomic E-state index is 9.51. The minimum absolute atomic E-state index is 0. The van der Waals surface area contributed by atoms with E-state index >= 15 is 0 Å². The highest BCUT2D eigenvalue weighted by Crippen LogP contribution is 2.34. The SMILES string of the molecule is C[C@@H](N)c1c(Br)ccc(N)c1O.Cl. The largest absolute Gasteiger partial charge is 0.505 e. The molecule has 3 nitrogen and oxygen atoms in total. The minimum atomic E-state index is -0.233. The van der Waals surface area contributed by atoms with E-state index in [0.717, 1.165) is 4.47 Å². The first-order valence-corrected chi connectivity index (χ1v) is 4.35. The van der Waals surface area contributed by atoms with Crippen LogP contribution in [0.25, 0.3) is 0 Å². The smallest absolute Gasteiger partial charge is 0.144 e. The van der Waals surface area contributed by atoms with Gasteiger partial charge in [-0.1, -0.05) is 15.9 Å². The van der Waals surface area contributed by atoms with E-state index in [1.54, 1.807) is 19.1 Å². The Hall–Kier alpha value is -0.450. The van der Waals surface area contributed by atoms with E-state index in [1.807, 2.05) is 0 Å². The van der Waals surface area contributed by atoms with Gasteiger partial charge in [-0.2, -0.15) is 0 Å². The van der Waals surface area contributed by atoms with Crippen LogP contribution in [-0.2, 0) is 0 Å². The number of phenolic OH excluding ortho intramolecular Hbond substituents is 1. The molecule has 0 unspecified atom stereocenters. The van der Waals surface area contributed by atoms with Crippen molar-refractivity contribution in [3.8, 4) is 5.75 Å². The average Bonchev–Trinajstić information content (AvgIpc) is 1.97. The van der Waals surface area contributed by atoms with Crippen LogP contribution in [-0.4, -0.2) is 5.11 Å². The zero-order chi connectivity index (χ0) is 9.30. The van der Waals surface area contributed by atoms with Gasteiger partial charge in [0, 0.05) is 16.1 Å². The number of benzene rings is 1. The topological polar surface area (TPSA) is 72.3 Å². The third-order valence-corrected chi connectivity index (χ3v) is 2.34. The predicted octanol–water partition coefficient (Wildman–Crippen LogP) is 2.18. The lowest BCUT2D eigenvalue weighted by molar-refractivity contribution is 0.466. The van der Waals surface area contributed by atoms with E-state index in [9.17, 15) is 5.11 Å². The first-order chi connectivity index (χ1) is 5.54. The normalized spacial score (nSPS) is 11.9. The van der Waals surface area contributed by atoms with E-state index in [0.29, 0.717) is 11.3 Å². The Bertz CT molecular complexity index is 304. The Kier molecular flexibility index (Phi) is 4.53. The Morgan fingerprint density at radius 3 is 2.38 bits per heavy atom. The quantitative estimate of drug-likeness (QED) is 0.539. The van der Waals surface area contributed by atoms with Gasteiger partial charge in [-0.3, -0.25) is 0 Å². The van der Waals surface area contributed by atoms with Crippen molar-refractivity contribution in [2.75, 3.05) is 5.73 Å². The molecule has 0 radical (unpaired) electrons. The van der Waals surface area contributed by atoms with Crippen LogP contribution in [0.1, 0.15) is 18.5 Å². The molecular weight excluding hydrogens is 255 g/mol. The lowest BCUT2D eigenvalue weighted by Crippen LogP contribution is -2.07. The second kappa shape index (κ2) is 4.69. The van der Waals surface area contributed by atoms with Gasteiger partial charge in [-0.25, -0.2) is 0 Å². The van der Waals surface area contributed by atoms with E-state index < -0.39 is 0 Å². The summed E-state index contributed by atoms with van der Waals surface area (Å²) in [6.45, 7) is 1.79. The van der Waals surface area contributed by atoms with Gasteiger partial charge in [0.2, 0.25) is 0 Å². The Morgan fingerprint density at radius 1 is 1.46 bits per heavy atom. The summed E-state index contributed by atoms with van der Waals surface area (Å²) in [5, 5.41) is 9.51. The number of nitrogens with two attached hydrogens (primary N) is 2. The summed E-state index contributed by atoms with van der Waals surface area (Å²) in [7, 11) is 0.